The van der Waals surface area contributed by atoms with Crippen LogP contribution in [-0.2, 0) is 0 Å². The number of hydrogen-bond donors (Lipinski definition) is 0. The zero-order valence-corrected chi connectivity index (χ0v) is 9.73. The number of nitrogens with zero attached hydrogens (tertiary/aromatic N) is 3. The molecule has 0 saturated heterocycles. The van der Waals surface area contributed by atoms with Gasteiger partial charge in [-0.2, -0.15) is 5.26 Å². The average Bonchev–Trinajstić information content (AvgIpc) is 2.71. The summed E-state index contributed by atoms with van der Waals surface area (Å²) >= 11 is 0. The highest BCUT2D eigenvalue weighted by Gasteiger charge is 2.20. The van der Waals surface area contributed by atoms with E-state index in [1.807, 2.05) is 6.92 Å². The zero-order chi connectivity index (χ0) is 12.1. The van der Waals surface area contributed by atoms with Crippen molar-refractivity contribution in [3.05, 3.63) is 17.5 Å². The Morgan fingerprint density at radius 1 is 1.75 bits per heavy atom. The SMILES string of the molecule is CCN(CC(C)C#N)C(=O)c1cnoc1C. The van der Waals surface area contributed by atoms with Crippen molar-refractivity contribution in [2.75, 3.05) is 13.1 Å². The lowest BCUT2D eigenvalue weighted by Crippen LogP contribution is -2.34. The molecule has 16 heavy (non-hydrogen) atoms. The molecule has 5 nitrogen and oxygen atoms in total. The second-order valence-electron chi connectivity index (χ2n) is 3.67. The van der Waals surface area contributed by atoms with Gasteiger partial charge in [0.25, 0.3) is 5.91 Å². The molecule has 1 rings (SSSR count). The third kappa shape index (κ3) is 2.60. The van der Waals surface area contributed by atoms with Gasteiger partial charge in [-0.3, -0.25) is 4.79 Å². The van der Waals surface area contributed by atoms with Gasteiger partial charge >= 0.3 is 0 Å². The van der Waals surface area contributed by atoms with Crippen LogP contribution in [0.4, 0.5) is 0 Å². The molecule has 0 spiro atoms. The number of aromatic nitrogens is 1. The molecule has 1 aromatic rings. The molecule has 0 aliphatic rings. The Balaban J connectivity index is 2.79. The highest BCUT2D eigenvalue weighted by molar-refractivity contribution is 5.94. The van der Waals surface area contributed by atoms with Gasteiger partial charge in [0.2, 0.25) is 0 Å². The first-order chi connectivity index (χ1) is 7.60. The molecular formula is C11H15N3O2. The van der Waals surface area contributed by atoms with Gasteiger partial charge in [-0.25, -0.2) is 0 Å². The number of amides is 1. The maximum atomic E-state index is 12.0. The molecule has 0 fully saturated rings. The number of nitriles is 1. The molecule has 1 atom stereocenters. The van der Waals surface area contributed by atoms with E-state index in [4.69, 9.17) is 9.78 Å². The Bertz CT molecular complexity index is 406. The highest BCUT2D eigenvalue weighted by atomic mass is 16.5. The molecule has 0 N–H and O–H groups in total. The van der Waals surface area contributed by atoms with E-state index >= 15 is 0 Å². The second kappa shape index (κ2) is 5.31. The summed E-state index contributed by atoms with van der Waals surface area (Å²) in [6.45, 7) is 6.36. The minimum absolute atomic E-state index is 0.136. The lowest BCUT2D eigenvalue weighted by atomic mass is 10.1. The van der Waals surface area contributed by atoms with Crippen LogP contribution in [0.25, 0.3) is 0 Å². The van der Waals surface area contributed by atoms with E-state index in [0.29, 0.717) is 24.4 Å². The first kappa shape index (κ1) is 12.2. The second-order valence-corrected chi connectivity index (χ2v) is 3.67. The van der Waals surface area contributed by atoms with E-state index in [-0.39, 0.29) is 11.8 Å². The van der Waals surface area contributed by atoms with Crippen LogP contribution in [0.5, 0.6) is 0 Å². The van der Waals surface area contributed by atoms with Crippen LogP contribution < -0.4 is 0 Å². The Labute approximate surface area is 94.6 Å². The lowest BCUT2D eigenvalue weighted by molar-refractivity contribution is 0.0751. The summed E-state index contributed by atoms with van der Waals surface area (Å²) in [6, 6.07) is 2.11. The number of carbonyl (C=O) groups excluding carboxylic acids is 1. The fraction of sp³-hybridized carbons (Fsp3) is 0.545. The minimum Gasteiger partial charge on any atom is -0.361 e. The lowest BCUT2D eigenvalue weighted by Gasteiger charge is -2.21. The molecule has 0 aliphatic heterocycles. The molecule has 0 radical (unpaired) electrons. The van der Waals surface area contributed by atoms with Crippen molar-refractivity contribution in [2.45, 2.75) is 20.8 Å². The first-order valence-electron chi connectivity index (χ1n) is 5.20. The summed E-state index contributed by atoms with van der Waals surface area (Å²) in [5.74, 6) is 0.195. The van der Waals surface area contributed by atoms with Crippen molar-refractivity contribution in [2.24, 2.45) is 5.92 Å². The molecule has 0 aliphatic carbocycles. The summed E-state index contributed by atoms with van der Waals surface area (Å²) in [4.78, 5) is 13.6. The van der Waals surface area contributed by atoms with E-state index in [1.165, 1.54) is 6.20 Å². The molecule has 5 heteroatoms. The van der Waals surface area contributed by atoms with Crippen molar-refractivity contribution in [1.29, 1.82) is 5.26 Å². The summed E-state index contributed by atoms with van der Waals surface area (Å²) in [5.41, 5.74) is 0.465. The van der Waals surface area contributed by atoms with Gasteiger partial charge in [0, 0.05) is 13.1 Å². The van der Waals surface area contributed by atoms with Gasteiger partial charge in [-0.15, -0.1) is 0 Å². The Morgan fingerprint density at radius 2 is 2.44 bits per heavy atom. The van der Waals surface area contributed by atoms with Crippen LogP contribution in [0.3, 0.4) is 0 Å². The maximum absolute atomic E-state index is 12.0. The zero-order valence-electron chi connectivity index (χ0n) is 9.73. The molecule has 1 heterocycles. The summed E-state index contributed by atoms with van der Waals surface area (Å²) < 4.78 is 4.85. The molecule has 0 saturated carbocycles. The van der Waals surface area contributed by atoms with E-state index in [2.05, 4.69) is 11.2 Å². The van der Waals surface area contributed by atoms with Gasteiger partial charge in [-0.05, 0) is 20.8 Å². The number of rotatable bonds is 4. The van der Waals surface area contributed by atoms with Gasteiger partial charge in [0.1, 0.15) is 11.3 Å². The van der Waals surface area contributed by atoms with Gasteiger partial charge in [-0.1, -0.05) is 5.16 Å². The minimum atomic E-state index is -0.177. The quantitative estimate of drug-likeness (QED) is 0.774. The smallest absolute Gasteiger partial charge is 0.259 e. The third-order valence-corrected chi connectivity index (χ3v) is 2.36. The van der Waals surface area contributed by atoms with E-state index < -0.39 is 0 Å². The van der Waals surface area contributed by atoms with Crippen LogP contribution in [-0.4, -0.2) is 29.1 Å². The molecule has 0 aromatic carbocycles. The van der Waals surface area contributed by atoms with E-state index in [9.17, 15) is 4.79 Å². The molecule has 0 bridgehead atoms. The van der Waals surface area contributed by atoms with Crippen molar-refractivity contribution >= 4 is 5.91 Å². The molecule has 1 amide bonds. The van der Waals surface area contributed by atoms with E-state index in [0.717, 1.165) is 0 Å². The monoisotopic (exact) mass is 221 g/mol. The standard InChI is InChI=1S/C11H15N3O2/c1-4-14(7-8(2)5-12)11(15)10-6-13-16-9(10)3/h6,8H,4,7H2,1-3H3. The fourth-order valence-electron chi connectivity index (χ4n) is 1.40. The normalized spacial score (nSPS) is 11.9. The number of aryl methyl sites for hydroxylation is 1. The summed E-state index contributed by atoms with van der Waals surface area (Å²) in [7, 11) is 0. The van der Waals surface area contributed by atoms with Crippen LogP contribution >= 0.6 is 0 Å². The maximum Gasteiger partial charge on any atom is 0.259 e. The predicted molar refractivity (Wildman–Crippen MR) is 57.6 cm³/mol. The Hall–Kier alpha value is -1.83. The van der Waals surface area contributed by atoms with E-state index in [1.54, 1.807) is 18.7 Å². The Kier molecular flexibility index (Phi) is 4.06. The van der Waals surface area contributed by atoms with Crippen LogP contribution in [0.2, 0.25) is 0 Å². The first-order valence-corrected chi connectivity index (χ1v) is 5.20. The molecule has 1 aromatic heterocycles. The number of carbonyl (C=O) groups is 1. The fourth-order valence-corrected chi connectivity index (χ4v) is 1.40. The third-order valence-electron chi connectivity index (χ3n) is 2.36. The van der Waals surface area contributed by atoms with Crippen LogP contribution in [0.15, 0.2) is 10.7 Å². The van der Waals surface area contributed by atoms with Gasteiger partial charge < -0.3 is 9.42 Å². The molecular weight excluding hydrogens is 206 g/mol. The average molecular weight is 221 g/mol. The van der Waals surface area contributed by atoms with Gasteiger partial charge in [0.15, 0.2) is 0 Å². The topological polar surface area (TPSA) is 70.1 Å². The number of hydrogen-bond acceptors (Lipinski definition) is 4. The largest absolute Gasteiger partial charge is 0.361 e. The van der Waals surface area contributed by atoms with Crippen LogP contribution in [0.1, 0.15) is 30.0 Å². The van der Waals surface area contributed by atoms with Crippen molar-refractivity contribution in [3.63, 3.8) is 0 Å². The van der Waals surface area contributed by atoms with Gasteiger partial charge in [0.05, 0.1) is 18.2 Å². The molecule has 1 unspecified atom stereocenters. The van der Waals surface area contributed by atoms with Crippen LogP contribution in [0, 0.1) is 24.2 Å². The summed E-state index contributed by atoms with van der Waals surface area (Å²) in [5, 5.41) is 12.3. The van der Waals surface area contributed by atoms with Crippen molar-refractivity contribution in [1.82, 2.24) is 10.1 Å². The predicted octanol–water partition coefficient (Wildman–Crippen LogP) is 1.60. The van der Waals surface area contributed by atoms with Crippen molar-refractivity contribution in [3.8, 4) is 6.07 Å². The molecule has 86 valence electrons. The van der Waals surface area contributed by atoms with Crippen molar-refractivity contribution < 1.29 is 9.32 Å². The highest BCUT2D eigenvalue weighted by Crippen LogP contribution is 2.11. The summed E-state index contributed by atoms with van der Waals surface area (Å²) in [6.07, 6.45) is 1.41. The Morgan fingerprint density at radius 3 is 2.88 bits per heavy atom.